The van der Waals surface area contributed by atoms with Crippen molar-refractivity contribution in [3.8, 4) is 0 Å². The molecule has 0 radical (unpaired) electrons. The highest BCUT2D eigenvalue weighted by Gasteiger charge is 2.19. The van der Waals surface area contributed by atoms with Gasteiger partial charge in [-0.25, -0.2) is 0 Å². The molecule has 0 amide bonds. The van der Waals surface area contributed by atoms with Gasteiger partial charge in [0.2, 0.25) is 0 Å². The van der Waals surface area contributed by atoms with Gasteiger partial charge >= 0.3 is 17.9 Å². The Morgan fingerprint density at radius 2 is 0.750 bits per heavy atom. The van der Waals surface area contributed by atoms with Crippen LogP contribution in [-0.4, -0.2) is 37.2 Å². The molecular formula is C54H92O6. The molecule has 344 valence electrons. The normalized spacial score (nSPS) is 12.7. The number of carbonyl (C=O) groups is 3. The van der Waals surface area contributed by atoms with E-state index in [0.717, 1.165) is 89.9 Å². The van der Waals surface area contributed by atoms with E-state index in [0.29, 0.717) is 19.3 Å². The first-order chi connectivity index (χ1) is 29.5. The quantitative estimate of drug-likeness (QED) is 0.0200. The number of rotatable bonds is 44. The van der Waals surface area contributed by atoms with E-state index in [1.165, 1.54) is 96.3 Å². The second kappa shape index (κ2) is 48.5. The maximum atomic E-state index is 12.7. The molecule has 0 fully saturated rings. The third-order valence-electron chi connectivity index (χ3n) is 10.5. The molecule has 0 saturated carbocycles. The smallest absolute Gasteiger partial charge is 0.306 e. The molecule has 0 bridgehead atoms. The summed E-state index contributed by atoms with van der Waals surface area (Å²) in [6, 6.07) is 0. The lowest BCUT2D eigenvalue weighted by molar-refractivity contribution is -0.167. The summed E-state index contributed by atoms with van der Waals surface area (Å²) in [7, 11) is 0. The minimum Gasteiger partial charge on any atom is -0.462 e. The molecule has 0 aliphatic heterocycles. The van der Waals surface area contributed by atoms with Crippen molar-refractivity contribution in [2.45, 2.75) is 239 Å². The van der Waals surface area contributed by atoms with Crippen LogP contribution in [0.1, 0.15) is 233 Å². The summed E-state index contributed by atoms with van der Waals surface area (Å²) in [5, 5.41) is 0. The Morgan fingerprint density at radius 3 is 1.25 bits per heavy atom. The van der Waals surface area contributed by atoms with E-state index < -0.39 is 6.10 Å². The van der Waals surface area contributed by atoms with Gasteiger partial charge in [-0.3, -0.25) is 14.4 Å². The van der Waals surface area contributed by atoms with Crippen molar-refractivity contribution in [3.63, 3.8) is 0 Å². The van der Waals surface area contributed by atoms with E-state index in [1.54, 1.807) is 0 Å². The molecule has 1 unspecified atom stereocenters. The predicted octanol–water partition coefficient (Wildman–Crippen LogP) is 16.3. The average Bonchev–Trinajstić information content (AvgIpc) is 3.24. The first-order valence-corrected chi connectivity index (χ1v) is 25.0. The summed E-state index contributed by atoms with van der Waals surface area (Å²) in [6.07, 6.45) is 60.5. The van der Waals surface area contributed by atoms with Crippen molar-refractivity contribution in [3.05, 3.63) is 72.9 Å². The summed E-state index contributed by atoms with van der Waals surface area (Å²) < 4.78 is 16.7. The fourth-order valence-corrected chi connectivity index (χ4v) is 6.82. The summed E-state index contributed by atoms with van der Waals surface area (Å²) in [6.45, 7) is 6.33. The van der Waals surface area contributed by atoms with Gasteiger partial charge in [-0.05, 0) is 64.2 Å². The summed E-state index contributed by atoms with van der Waals surface area (Å²) >= 11 is 0. The Bertz CT molecular complexity index is 1140. The van der Waals surface area contributed by atoms with Crippen LogP contribution in [0.4, 0.5) is 0 Å². The third kappa shape index (κ3) is 45.9. The topological polar surface area (TPSA) is 78.9 Å². The number of carbonyl (C=O) groups excluding carboxylic acids is 3. The zero-order chi connectivity index (χ0) is 43.7. The molecule has 0 saturated heterocycles. The van der Waals surface area contributed by atoms with E-state index in [-0.39, 0.29) is 37.5 Å². The lowest BCUT2D eigenvalue weighted by atomic mass is 10.0. The third-order valence-corrected chi connectivity index (χ3v) is 10.5. The van der Waals surface area contributed by atoms with E-state index in [2.05, 4.69) is 93.7 Å². The van der Waals surface area contributed by atoms with Crippen molar-refractivity contribution in [2.75, 3.05) is 13.2 Å². The van der Waals surface area contributed by atoms with E-state index in [1.807, 2.05) is 0 Å². The molecule has 6 nitrogen and oxygen atoms in total. The Hall–Kier alpha value is -3.15. The highest BCUT2D eigenvalue weighted by atomic mass is 16.6. The molecule has 0 heterocycles. The molecular weight excluding hydrogens is 745 g/mol. The van der Waals surface area contributed by atoms with Crippen LogP contribution in [0.2, 0.25) is 0 Å². The van der Waals surface area contributed by atoms with Gasteiger partial charge < -0.3 is 14.2 Å². The first-order valence-electron chi connectivity index (χ1n) is 25.0. The lowest BCUT2D eigenvalue weighted by Crippen LogP contribution is -2.30. The minimum atomic E-state index is -0.803. The zero-order valence-electron chi connectivity index (χ0n) is 39.2. The van der Waals surface area contributed by atoms with Crippen LogP contribution in [0.3, 0.4) is 0 Å². The SMILES string of the molecule is CC\C=C/C=C\C=C/CCCCCCCC(=O)OC(COC(=O)CCC/C=C\C/C=C\C/C=C\CC)COC(=O)CCCCCCCCCCCCCCCCCCCC. The van der Waals surface area contributed by atoms with Crippen LogP contribution < -0.4 is 0 Å². The van der Waals surface area contributed by atoms with E-state index in [9.17, 15) is 14.4 Å². The minimum absolute atomic E-state index is 0.0982. The maximum absolute atomic E-state index is 12.7. The second-order valence-corrected chi connectivity index (χ2v) is 16.4. The molecule has 60 heavy (non-hydrogen) atoms. The highest BCUT2D eigenvalue weighted by Crippen LogP contribution is 2.15. The number of ether oxygens (including phenoxy) is 3. The van der Waals surface area contributed by atoms with Gasteiger partial charge in [0.1, 0.15) is 13.2 Å². The predicted molar refractivity (Wildman–Crippen MR) is 256 cm³/mol. The second-order valence-electron chi connectivity index (χ2n) is 16.4. The molecule has 0 N–H and O–H groups in total. The molecule has 1 atom stereocenters. The molecule has 0 aromatic heterocycles. The van der Waals surface area contributed by atoms with Gasteiger partial charge in [0.05, 0.1) is 0 Å². The fraction of sp³-hybridized carbons (Fsp3) is 0.722. The fourth-order valence-electron chi connectivity index (χ4n) is 6.82. The molecule has 0 rings (SSSR count). The molecule has 0 aromatic rings. The van der Waals surface area contributed by atoms with Crippen molar-refractivity contribution in [2.24, 2.45) is 0 Å². The van der Waals surface area contributed by atoms with Crippen molar-refractivity contribution < 1.29 is 28.6 Å². The van der Waals surface area contributed by atoms with Crippen LogP contribution >= 0.6 is 0 Å². The molecule has 0 aromatic carbocycles. The lowest BCUT2D eigenvalue weighted by Gasteiger charge is -2.18. The van der Waals surface area contributed by atoms with E-state index >= 15 is 0 Å². The number of hydrogen-bond acceptors (Lipinski definition) is 6. The Kier molecular flexibility index (Phi) is 46.0. The van der Waals surface area contributed by atoms with Crippen molar-refractivity contribution >= 4 is 17.9 Å². The van der Waals surface area contributed by atoms with Crippen LogP contribution in [0.15, 0.2) is 72.9 Å². The molecule has 6 heteroatoms. The Balaban J connectivity index is 4.38. The van der Waals surface area contributed by atoms with Gasteiger partial charge in [0.25, 0.3) is 0 Å². The van der Waals surface area contributed by atoms with Gasteiger partial charge in [-0.2, -0.15) is 0 Å². The molecule has 0 aliphatic carbocycles. The largest absolute Gasteiger partial charge is 0.462 e. The number of hydrogen-bond donors (Lipinski definition) is 0. The number of esters is 3. The summed E-state index contributed by atoms with van der Waals surface area (Å²) in [4.78, 5) is 37.8. The van der Waals surface area contributed by atoms with Crippen LogP contribution in [-0.2, 0) is 28.6 Å². The van der Waals surface area contributed by atoms with Gasteiger partial charge in [-0.15, -0.1) is 0 Å². The first kappa shape index (κ1) is 56.9. The Labute approximate surface area is 370 Å². The Morgan fingerprint density at radius 1 is 0.367 bits per heavy atom. The van der Waals surface area contributed by atoms with Gasteiger partial charge in [0.15, 0.2) is 6.10 Å². The van der Waals surface area contributed by atoms with Crippen LogP contribution in [0.25, 0.3) is 0 Å². The maximum Gasteiger partial charge on any atom is 0.306 e. The summed E-state index contributed by atoms with van der Waals surface area (Å²) in [5.74, 6) is -0.975. The monoisotopic (exact) mass is 837 g/mol. The number of allylic oxidation sites excluding steroid dienone is 12. The van der Waals surface area contributed by atoms with Gasteiger partial charge in [0, 0.05) is 19.3 Å². The van der Waals surface area contributed by atoms with Crippen molar-refractivity contribution in [1.82, 2.24) is 0 Å². The summed E-state index contributed by atoms with van der Waals surface area (Å²) in [5.41, 5.74) is 0. The van der Waals surface area contributed by atoms with Crippen molar-refractivity contribution in [1.29, 1.82) is 0 Å². The van der Waals surface area contributed by atoms with E-state index in [4.69, 9.17) is 14.2 Å². The zero-order valence-corrected chi connectivity index (χ0v) is 39.2. The molecule has 0 aliphatic rings. The standard InChI is InChI=1S/C54H92O6/c1-4-7-10-13-16-19-22-24-25-26-27-28-30-32-35-38-41-44-47-53(56)59-50-51(49-58-52(55)46-43-40-37-34-31-21-18-15-12-9-6-3)60-54(57)48-45-42-39-36-33-29-23-20-17-14-11-8-5-2/h8-9,11-12,14,17-18,20-21,23,34,37,51H,4-7,10,13,15-16,19,22,24-33,35-36,38-50H2,1-3H3/b11-8-,12-9-,17-14-,21-18-,23-20-,37-34-. The molecule has 0 spiro atoms. The van der Waals surface area contributed by atoms with Gasteiger partial charge in [-0.1, -0.05) is 222 Å². The highest BCUT2D eigenvalue weighted by molar-refractivity contribution is 5.71. The average molecular weight is 837 g/mol. The number of unbranched alkanes of at least 4 members (excludes halogenated alkanes) is 23. The van der Waals surface area contributed by atoms with Crippen LogP contribution in [0, 0.1) is 0 Å². The van der Waals surface area contributed by atoms with Crippen LogP contribution in [0.5, 0.6) is 0 Å².